The van der Waals surface area contributed by atoms with Gasteiger partial charge in [0.2, 0.25) is 11.7 Å². The summed E-state index contributed by atoms with van der Waals surface area (Å²) in [6.45, 7) is 1.30. The van der Waals surface area contributed by atoms with Crippen molar-refractivity contribution in [1.82, 2.24) is 4.90 Å². The van der Waals surface area contributed by atoms with Crippen molar-refractivity contribution >= 4 is 11.9 Å². The number of carbonyl (C=O) groups is 2. The maximum atomic E-state index is 13.2. The molecule has 1 aromatic rings. The number of fused-ring (bicyclic) bond motifs is 1. The molecule has 1 saturated heterocycles. The van der Waals surface area contributed by atoms with E-state index in [2.05, 4.69) is 0 Å². The van der Waals surface area contributed by atoms with Gasteiger partial charge in [-0.3, -0.25) is 9.59 Å². The van der Waals surface area contributed by atoms with Crippen LogP contribution in [0.2, 0.25) is 0 Å². The first-order valence-electron chi connectivity index (χ1n) is 8.08. The Hall–Kier alpha value is -2.15. The maximum absolute atomic E-state index is 13.2. The number of halogens is 1. The zero-order valence-corrected chi connectivity index (χ0v) is 13.3. The molecular weight excluding hydrogens is 317 g/mol. The molecule has 0 radical (unpaired) electrons. The lowest BCUT2D eigenvalue weighted by Gasteiger charge is -2.44. The summed E-state index contributed by atoms with van der Waals surface area (Å²) in [6.07, 6.45) is 1.66. The molecule has 3 rings (SSSR count). The average Bonchev–Trinajstić information content (AvgIpc) is 2.55. The fraction of sp³-hybridized carbons (Fsp3) is 0.529. The van der Waals surface area contributed by atoms with Crippen LogP contribution in [0.1, 0.15) is 37.7 Å². The van der Waals surface area contributed by atoms with Crippen LogP contribution < -0.4 is 4.74 Å². The third-order valence-electron chi connectivity index (χ3n) is 4.47. The number of ether oxygens (including phenoxy) is 2. The minimum absolute atomic E-state index is 0.00306. The summed E-state index contributed by atoms with van der Waals surface area (Å²) in [4.78, 5) is 24.3. The summed E-state index contributed by atoms with van der Waals surface area (Å²) in [7, 11) is 0. The van der Waals surface area contributed by atoms with E-state index in [0.29, 0.717) is 50.3 Å². The van der Waals surface area contributed by atoms with Crippen molar-refractivity contribution in [2.75, 3.05) is 13.1 Å². The highest BCUT2D eigenvalue weighted by atomic mass is 19.1. The third-order valence-corrected chi connectivity index (χ3v) is 4.47. The van der Waals surface area contributed by atoms with Crippen molar-refractivity contribution in [3.63, 3.8) is 0 Å². The predicted molar refractivity (Wildman–Crippen MR) is 81.8 cm³/mol. The minimum Gasteiger partial charge on any atom is -0.481 e. The molecular formula is C17H20FNO5. The van der Waals surface area contributed by atoms with Gasteiger partial charge in [-0.25, -0.2) is 4.39 Å². The van der Waals surface area contributed by atoms with Gasteiger partial charge < -0.3 is 19.5 Å². The number of piperidine rings is 1. The number of carboxylic acid groups (broad SMARTS) is 1. The second kappa shape index (κ2) is 6.76. The van der Waals surface area contributed by atoms with Crippen molar-refractivity contribution < 1.29 is 28.6 Å². The number of hydrogen-bond donors (Lipinski definition) is 1. The molecule has 0 unspecified atom stereocenters. The van der Waals surface area contributed by atoms with Gasteiger partial charge in [-0.2, -0.15) is 0 Å². The molecule has 0 atom stereocenters. The number of nitrogens with zero attached hydrogens (tertiary/aromatic N) is 1. The lowest BCUT2D eigenvalue weighted by atomic mass is 10.0. The van der Waals surface area contributed by atoms with Gasteiger partial charge >= 0.3 is 5.97 Å². The van der Waals surface area contributed by atoms with Crippen LogP contribution >= 0.6 is 0 Å². The number of carbonyl (C=O) groups excluding carboxylic acids is 1. The largest absolute Gasteiger partial charge is 0.481 e. The normalized spacial score (nSPS) is 18.8. The molecule has 1 amide bonds. The van der Waals surface area contributed by atoms with E-state index in [-0.39, 0.29) is 24.6 Å². The Kier molecular flexibility index (Phi) is 4.71. The van der Waals surface area contributed by atoms with E-state index in [1.54, 1.807) is 11.0 Å². The number of amides is 1. The molecule has 24 heavy (non-hydrogen) atoms. The molecule has 1 fully saturated rings. The van der Waals surface area contributed by atoms with Crippen LogP contribution in [0.5, 0.6) is 5.75 Å². The van der Waals surface area contributed by atoms with E-state index in [9.17, 15) is 14.0 Å². The quantitative estimate of drug-likeness (QED) is 0.912. The van der Waals surface area contributed by atoms with Gasteiger partial charge in [0, 0.05) is 44.3 Å². The lowest BCUT2D eigenvalue weighted by Crippen LogP contribution is -2.52. The molecule has 6 nitrogen and oxygen atoms in total. The van der Waals surface area contributed by atoms with Crippen molar-refractivity contribution in [2.24, 2.45) is 0 Å². The minimum atomic E-state index is -0.889. The Morgan fingerprint density at radius 2 is 2.00 bits per heavy atom. The van der Waals surface area contributed by atoms with Gasteiger partial charge in [0.1, 0.15) is 11.6 Å². The Bertz CT molecular complexity index is 640. The first kappa shape index (κ1) is 16.7. The second-order valence-electron chi connectivity index (χ2n) is 6.18. The standard InChI is InChI=1S/C17H20FNO5/c18-13-4-5-14-12(10-13)11-23-17(24-14)6-8-19(9-7-17)15(20)2-1-3-16(21)22/h4-5,10H,1-3,6-9,11H2,(H,21,22). The predicted octanol–water partition coefficient (Wildman–Crippen LogP) is 2.31. The topological polar surface area (TPSA) is 76.1 Å². The summed E-state index contributed by atoms with van der Waals surface area (Å²) in [5, 5.41) is 8.62. The van der Waals surface area contributed by atoms with Crippen LogP contribution in [-0.2, 0) is 20.9 Å². The molecule has 130 valence electrons. The zero-order chi connectivity index (χ0) is 17.2. The first-order chi connectivity index (χ1) is 11.5. The van der Waals surface area contributed by atoms with Crippen LogP contribution in [0, 0.1) is 5.82 Å². The Morgan fingerprint density at radius 1 is 1.25 bits per heavy atom. The van der Waals surface area contributed by atoms with Gasteiger partial charge in [-0.15, -0.1) is 0 Å². The van der Waals surface area contributed by atoms with E-state index in [1.807, 2.05) is 0 Å². The van der Waals surface area contributed by atoms with E-state index < -0.39 is 11.8 Å². The molecule has 1 aromatic carbocycles. The summed E-state index contributed by atoms with van der Waals surface area (Å²) >= 11 is 0. The van der Waals surface area contributed by atoms with E-state index in [1.165, 1.54) is 12.1 Å². The Labute approximate surface area is 139 Å². The highest BCUT2D eigenvalue weighted by molar-refractivity contribution is 5.77. The van der Waals surface area contributed by atoms with E-state index in [4.69, 9.17) is 14.6 Å². The SMILES string of the molecule is O=C(O)CCCC(=O)N1CCC2(CC1)OCc1cc(F)ccc1O2. The molecule has 1 spiro atoms. The van der Waals surface area contributed by atoms with Crippen LogP contribution in [0.15, 0.2) is 18.2 Å². The van der Waals surface area contributed by atoms with Crippen molar-refractivity contribution in [1.29, 1.82) is 0 Å². The van der Waals surface area contributed by atoms with Crippen molar-refractivity contribution in [3.8, 4) is 5.75 Å². The summed E-state index contributed by atoms with van der Waals surface area (Å²) in [5.74, 6) is -1.38. The molecule has 0 bridgehead atoms. The number of hydrogen-bond acceptors (Lipinski definition) is 4. The third kappa shape index (κ3) is 3.67. The first-order valence-corrected chi connectivity index (χ1v) is 8.08. The monoisotopic (exact) mass is 337 g/mol. The molecule has 0 aliphatic carbocycles. The molecule has 0 aromatic heterocycles. The lowest BCUT2D eigenvalue weighted by molar-refractivity contribution is -0.227. The molecule has 0 saturated carbocycles. The molecule has 1 N–H and O–H groups in total. The molecule has 2 heterocycles. The fourth-order valence-electron chi connectivity index (χ4n) is 3.09. The summed E-state index contributed by atoms with van der Waals surface area (Å²) < 4.78 is 25.0. The van der Waals surface area contributed by atoms with Gasteiger partial charge in [-0.05, 0) is 24.6 Å². The van der Waals surface area contributed by atoms with Crippen molar-refractivity contribution in [3.05, 3.63) is 29.6 Å². The number of aliphatic carboxylic acids is 1. The van der Waals surface area contributed by atoms with Gasteiger partial charge in [-0.1, -0.05) is 0 Å². The second-order valence-corrected chi connectivity index (χ2v) is 6.18. The smallest absolute Gasteiger partial charge is 0.303 e. The maximum Gasteiger partial charge on any atom is 0.303 e. The fourth-order valence-corrected chi connectivity index (χ4v) is 3.09. The Morgan fingerprint density at radius 3 is 2.71 bits per heavy atom. The number of benzene rings is 1. The van der Waals surface area contributed by atoms with Crippen molar-refractivity contribution in [2.45, 2.75) is 44.5 Å². The number of likely N-dealkylation sites (tertiary alicyclic amines) is 1. The summed E-state index contributed by atoms with van der Waals surface area (Å²) in [6, 6.07) is 4.38. The zero-order valence-electron chi connectivity index (χ0n) is 13.3. The van der Waals surface area contributed by atoms with Crippen LogP contribution in [0.25, 0.3) is 0 Å². The van der Waals surface area contributed by atoms with Gasteiger partial charge in [0.15, 0.2) is 0 Å². The van der Waals surface area contributed by atoms with Crippen LogP contribution in [0.3, 0.4) is 0 Å². The highest BCUT2D eigenvalue weighted by Gasteiger charge is 2.41. The van der Waals surface area contributed by atoms with Crippen LogP contribution in [0.4, 0.5) is 4.39 Å². The van der Waals surface area contributed by atoms with Crippen LogP contribution in [-0.4, -0.2) is 40.8 Å². The molecule has 7 heteroatoms. The summed E-state index contributed by atoms with van der Waals surface area (Å²) in [5.41, 5.74) is 0.688. The molecule has 2 aliphatic rings. The number of carboxylic acids is 1. The van der Waals surface area contributed by atoms with Gasteiger partial charge in [0.05, 0.1) is 6.61 Å². The van der Waals surface area contributed by atoms with E-state index in [0.717, 1.165) is 0 Å². The highest BCUT2D eigenvalue weighted by Crippen LogP contribution is 2.37. The molecule has 2 aliphatic heterocycles. The number of rotatable bonds is 4. The van der Waals surface area contributed by atoms with E-state index >= 15 is 0 Å². The Balaban J connectivity index is 1.54. The van der Waals surface area contributed by atoms with Gasteiger partial charge in [0.25, 0.3) is 0 Å². The average molecular weight is 337 g/mol.